The number of primary amides is 1. The smallest absolute Gasteiger partial charge is 0.368 e. The molecule has 1 atom stereocenters. The number of sulfonamides is 1. The van der Waals surface area contributed by atoms with Crippen LogP contribution in [-0.2, 0) is 27.4 Å². The van der Waals surface area contributed by atoms with Gasteiger partial charge in [0.1, 0.15) is 10.3 Å². The molecule has 0 unspecified atom stereocenters. The molecule has 186 valence electrons. The van der Waals surface area contributed by atoms with Crippen molar-refractivity contribution in [3.8, 4) is 0 Å². The Morgan fingerprint density at radius 2 is 1.77 bits per heavy atom. The summed E-state index contributed by atoms with van der Waals surface area (Å²) >= 11 is 6.48. The molecule has 0 saturated carbocycles. The first-order valence-electron chi connectivity index (χ1n) is 9.92. The second kappa shape index (κ2) is 10.3. The Morgan fingerprint density at radius 3 is 2.37 bits per heavy atom. The number of halogens is 4. The quantitative estimate of drug-likeness (QED) is 0.390. The average molecular weight is 546 g/mol. The van der Waals surface area contributed by atoms with E-state index in [1.165, 1.54) is 13.0 Å². The minimum absolute atomic E-state index is 0.0303. The molecule has 0 saturated heterocycles. The normalized spacial score (nSPS) is 12.7. The van der Waals surface area contributed by atoms with Gasteiger partial charge in [-0.05, 0) is 42.3 Å². The largest absolute Gasteiger partial charge is 0.416 e. The highest BCUT2D eigenvalue weighted by atomic mass is 35.5. The van der Waals surface area contributed by atoms with Crippen molar-refractivity contribution in [3.05, 3.63) is 81.2 Å². The number of nitrogens with one attached hydrogen (secondary N) is 2. The minimum Gasteiger partial charge on any atom is -0.368 e. The predicted molar refractivity (Wildman–Crippen MR) is 127 cm³/mol. The van der Waals surface area contributed by atoms with Gasteiger partial charge >= 0.3 is 6.18 Å². The highest BCUT2D eigenvalue weighted by Crippen LogP contribution is 2.36. The number of thiophene rings is 1. The van der Waals surface area contributed by atoms with E-state index < -0.39 is 45.3 Å². The molecule has 0 aliphatic carbocycles. The number of carbonyl (C=O) groups is 2. The SMILES string of the molecule is Cc1cc(C(=O)N[C@H](Cc2ccccc2)C(N)=O)sc1S(=O)(=O)Nc1cc(C(F)(F)F)ccc1Cl. The van der Waals surface area contributed by atoms with Crippen LogP contribution in [0.25, 0.3) is 0 Å². The van der Waals surface area contributed by atoms with Crippen LogP contribution in [0.1, 0.15) is 26.4 Å². The second-order valence-electron chi connectivity index (χ2n) is 7.50. The fourth-order valence-electron chi connectivity index (χ4n) is 3.12. The fraction of sp³-hybridized carbons (Fsp3) is 0.182. The maximum Gasteiger partial charge on any atom is 0.416 e. The van der Waals surface area contributed by atoms with E-state index in [1.54, 1.807) is 30.3 Å². The zero-order valence-electron chi connectivity index (χ0n) is 18.0. The summed E-state index contributed by atoms with van der Waals surface area (Å²) in [6.45, 7) is 1.42. The van der Waals surface area contributed by atoms with Crippen molar-refractivity contribution < 1.29 is 31.2 Å². The number of rotatable bonds is 8. The van der Waals surface area contributed by atoms with Crippen LogP contribution in [0, 0.1) is 6.92 Å². The molecule has 1 heterocycles. The number of aryl methyl sites for hydroxylation is 1. The summed E-state index contributed by atoms with van der Waals surface area (Å²) < 4.78 is 66.6. The minimum atomic E-state index is -4.70. The lowest BCUT2D eigenvalue weighted by Crippen LogP contribution is -2.45. The lowest BCUT2D eigenvalue weighted by atomic mass is 10.1. The number of benzene rings is 2. The van der Waals surface area contributed by atoms with Gasteiger partial charge in [-0.1, -0.05) is 41.9 Å². The van der Waals surface area contributed by atoms with E-state index >= 15 is 0 Å². The van der Waals surface area contributed by atoms with Crippen molar-refractivity contribution in [2.24, 2.45) is 5.73 Å². The van der Waals surface area contributed by atoms with Gasteiger partial charge in [0.05, 0.1) is 21.2 Å². The predicted octanol–water partition coefficient (Wildman–Crippen LogP) is 4.36. The monoisotopic (exact) mass is 545 g/mol. The topological polar surface area (TPSA) is 118 Å². The number of hydrogen-bond donors (Lipinski definition) is 3. The molecular formula is C22H19ClF3N3O4S2. The van der Waals surface area contributed by atoms with E-state index in [0.29, 0.717) is 17.4 Å². The van der Waals surface area contributed by atoms with Crippen LogP contribution in [0.5, 0.6) is 0 Å². The number of amides is 2. The van der Waals surface area contributed by atoms with E-state index in [4.69, 9.17) is 17.3 Å². The van der Waals surface area contributed by atoms with Gasteiger partial charge in [0.2, 0.25) is 5.91 Å². The standard InChI is InChI=1S/C22H19ClF3N3O4S2/c1-12-9-18(20(31)28-17(19(27)30)10-13-5-3-2-4-6-13)34-21(12)35(32,33)29-16-11-14(22(24,25)26)7-8-15(16)23/h2-9,11,17,29H,10H2,1H3,(H2,27,30)(H,28,31)/t17-/m1/s1. The molecule has 13 heteroatoms. The van der Waals surface area contributed by atoms with Gasteiger partial charge in [-0.2, -0.15) is 13.2 Å². The molecule has 35 heavy (non-hydrogen) atoms. The van der Waals surface area contributed by atoms with Crippen molar-refractivity contribution in [1.29, 1.82) is 0 Å². The van der Waals surface area contributed by atoms with E-state index in [9.17, 15) is 31.2 Å². The summed E-state index contributed by atoms with van der Waals surface area (Å²) in [6.07, 6.45) is -4.57. The first kappa shape index (κ1) is 26.5. The Balaban J connectivity index is 1.83. The van der Waals surface area contributed by atoms with E-state index in [-0.39, 0.29) is 26.1 Å². The molecule has 1 aromatic heterocycles. The summed E-state index contributed by atoms with van der Waals surface area (Å²) in [5, 5.41) is 2.25. The third-order valence-corrected chi connectivity index (χ3v) is 8.38. The fourth-order valence-corrected chi connectivity index (χ4v) is 6.01. The highest BCUT2D eigenvalue weighted by molar-refractivity contribution is 7.94. The van der Waals surface area contributed by atoms with Crippen LogP contribution < -0.4 is 15.8 Å². The van der Waals surface area contributed by atoms with Crippen LogP contribution >= 0.6 is 22.9 Å². The zero-order chi connectivity index (χ0) is 26.0. The average Bonchev–Trinajstić information content (AvgIpc) is 3.17. The molecule has 0 radical (unpaired) electrons. The molecular weight excluding hydrogens is 527 g/mol. The van der Waals surface area contributed by atoms with Crippen molar-refractivity contribution in [3.63, 3.8) is 0 Å². The van der Waals surface area contributed by atoms with Gasteiger partial charge in [-0.25, -0.2) is 8.42 Å². The third-order valence-electron chi connectivity index (χ3n) is 4.81. The van der Waals surface area contributed by atoms with E-state index in [0.717, 1.165) is 17.7 Å². The number of alkyl halides is 3. The van der Waals surface area contributed by atoms with Gasteiger partial charge in [0.25, 0.3) is 15.9 Å². The molecule has 4 N–H and O–H groups in total. The van der Waals surface area contributed by atoms with Crippen LogP contribution in [-0.4, -0.2) is 26.3 Å². The Labute approximate surface area is 208 Å². The number of carbonyl (C=O) groups excluding carboxylic acids is 2. The van der Waals surface area contributed by atoms with E-state index in [2.05, 4.69) is 5.32 Å². The van der Waals surface area contributed by atoms with Crippen LogP contribution in [0.2, 0.25) is 5.02 Å². The Morgan fingerprint density at radius 1 is 1.11 bits per heavy atom. The molecule has 0 fully saturated rings. The summed E-state index contributed by atoms with van der Waals surface area (Å²) in [4.78, 5) is 24.6. The maximum atomic E-state index is 13.0. The summed E-state index contributed by atoms with van der Waals surface area (Å²) in [7, 11) is -4.39. The third kappa shape index (κ3) is 6.53. The van der Waals surface area contributed by atoms with Crippen LogP contribution in [0.3, 0.4) is 0 Å². The molecule has 2 amide bonds. The molecule has 7 nitrogen and oxygen atoms in total. The summed E-state index contributed by atoms with van der Waals surface area (Å²) in [6, 6.07) is 11.3. The van der Waals surface area contributed by atoms with Gasteiger partial charge in [-0.15, -0.1) is 11.3 Å². The number of nitrogens with two attached hydrogens (primary N) is 1. The first-order valence-corrected chi connectivity index (χ1v) is 12.6. The van der Waals surface area contributed by atoms with Crippen molar-refractivity contribution in [2.75, 3.05) is 4.72 Å². The molecule has 2 aromatic carbocycles. The van der Waals surface area contributed by atoms with Crippen LogP contribution in [0.4, 0.5) is 18.9 Å². The van der Waals surface area contributed by atoms with Gasteiger partial charge < -0.3 is 11.1 Å². The lowest BCUT2D eigenvalue weighted by molar-refractivity contribution is -0.137. The van der Waals surface area contributed by atoms with Gasteiger partial charge in [-0.3, -0.25) is 14.3 Å². The lowest BCUT2D eigenvalue weighted by Gasteiger charge is -2.15. The summed E-state index contributed by atoms with van der Waals surface area (Å²) in [5.41, 5.74) is 4.79. The molecule has 3 rings (SSSR count). The molecule has 0 spiro atoms. The van der Waals surface area contributed by atoms with Crippen molar-refractivity contribution >= 4 is 50.5 Å². The molecule has 0 aliphatic heterocycles. The Hall–Kier alpha value is -3.09. The Bertz CT molecular complexity index is 1360. The number of anilines is 1. The van der Waals surface area contributed by atoms with Crippen molar-refractivity contribution in [2.45, 2.75) is 29.8 Å². The highest BCUT2D eigenvalue weighted by Gasteiger charge is 2.32. The zero-order valence-corrected chi connectivity index (χ0v) is 20.4. The summed E-state index contributed by atoms with van der Waals surface area (Å²) in [5.74, 6) is -1.50. The van der Waals surface area contributed by atoms with Crippen LogP contribution in [0.15, 0.2) is 58.8 Å². The van der Waals surface area contributed by atoms with Crippen molar-refractivity contribution in [1.82, 2.24) is 5.32 Å². The molecule has 0 bridgehead atoms. The van der Waals surface area contributed by atoms with Gasteiger partial charge in [0.15, 0.2) is 0 Å². The van der Waals surface area contributed by atoms with E-state index in [1.807, 2.05) is 4.72 Å². The number of hydrogen-bond acceptors (Lipinski definition) is 5. The second-order valence-corrected chi connectivity index (χ2v) is 10.8. The molecule has 3 aromatic rings. The maximum absolute atomic E-state index is 13.0. The molecule has 0 aliphatic rings. The first-order chi connectivity index (χ1) is 16.3. The van der Waals surface area contributed by atoms with Gasteiger partial charge in [0, 0.05) is 6.42 Å². The Kier molecular flexibility index (Phi) is 7.77.